The molecule has 1 aliphatic carbocycles. The third-order valence-electron chi connectivity index (χ3n) is 4.58. The minimum Gasteiger partial charge on any atom is -0.489 e. The van der Waals surface area contributed by atoms with Gasteiger partial charge in [-0.2, -0.15) is 0 Å². The molecule has 0 radical (unpaired) electrons. The van der Waals surface area contributed by atoms with E-state index < -0.39 is 0 Å². The first-order valence-electron chi connectivity index (χ1n) is 8.06. The maximum absolute atomic E-state index is 6.42. The lowest BCUT2D eigenvalue weighted by atomic mass is 9.71. The van der Waals surface area contributed by atoms with Gasteiger partial charge >= 0.3 is 0 Å². The highest BCUT2D eigenvalue weighted by Crippen LogP contribution is 2.37. The fraction of sp³-hybridized carbons (Fsp3) is 0.667. The molecular weight excluding hydrogens is 246 g/mol. The third kappa shape index (κ3) is 3.35. The van der Waals surface area contributed by atoms with Crippen LogP contribution < -0.4 is 10.1 Å². The Hall–Kier alpha value is -1.02. The molecule has 0 aliphatic heterocycles. The van der Waals surface area contributed by atoms with Crippen molar-refractivity contribution in [1.29, 1.82) is 0 Å². The molecule has 20 heavy (non-hydrogen) atoms. The van der Waals surface area contributed by atoms with Crippen molar-refractivity contribution in [2.75, 3.05) is 6.54 Å². The highest BCUT2D eigenvalue weighted by atomic mass is 16.5. The maximum Gasteiger partial charge on any atom is 0.122 e. The van der Waals surface area contributed by atoms with Crippen molar-refractivity contribution in [1.82, 2.24) is 5.32 Å². The average molecular weight is 275 g/mol. The van der Waals surface area contributed by atoms with Crippen LogP contribution in [0.3, 0.4) is 0 Å². The summed E-state index contributed by atoms with van der Waals surface area (Å²) in [6.07, 6.45) is 5.00. The minimum absolute atomic E-state index is 0.284. The van der Waals surface area contributed by atoms with E-state index in [9.17, 15) is 0 Å². The van der Waals surface area contributed by atoms with E-state index in [-0.39, 0.29) is 6.10 Å². The smallest absolute Gasteiger partial charge is 0.122 e. The first-order chi connectivity index (χ1) is 9.58. The Bertz CT molecular complexity index is 427. The summed E-state index contributed by atoms with van der Waals surface area (Å²) in [5, 5.41) is 3.66. The van der Waals surface area contributed by atoms with Crippen molar-refractivity contribution in [2.24, 2.45) is 5.41 Å². The van der Waals surface area contributed by atoms with Crippen LogP contribution in [-0.2, 0) is 6.42 Å². The normalized spacial score (nSPS) is 25.4. The molecule has 112 valence electrons. The number of ether oxygens (including phenoxy) is 1. The van der Waals surface area contributed by atoms with Crippen molar-refractivity contribution >= 4 is 0 Å². The first-order valence-corrected chi connectivity index (χ1v) is 8.06. The summed E-state index contributed by atoms with van der Waals surface area (Å²) in [4.78, 5) is 0. The predicted molar refractivity (Wildman–Crippen MR) is 85.3 cm³/mol. The van der Waals surface area contributed by atoms with Gasteiger partial charge in [0.2, 0.25) is 0 Å². The summed E-state index contributed by atoms with van der Waals surface area (Å²) < 4.78 is 6.42. The fourth-order valence-corrected chi connectivity index (χ4v) is 3.41. The molecule has 0 spiro atoms. The van der Waals surface area contributed by atoms with E-state index in [0.717, 1.165) is 25.1 Å². The van der Waals surface area contributed by atoms with Crippen LogP contribution in [-0.4, -0.2) is 18.7 Å². The Morgan fingerprint density at radius 3 is 2.70 bits per heavy atom. The van der Waals surface area contributed by atoms with Crippen LogP contribution in [0.15, 0.2) is 24.3 Å². The summed E-state index contributed by atoms with van der Waals surface area (Å²) >= 11 is 0. The summed E-state index contributed by atoms with van der Waals surface area (Å²) in [7, 11) is 0. The fourth-order valence-electron chi connectivity index (χ4n) is 3.41. The lowest BCUT2D eigenvalue weighted by Gasteiger charge is -2.44. The molecule has 0 bridgehead atoms. The van der Waals surface area contributed by atoms with Gasteiger partial charge in [0.1, 0.15) is 11.9 Å². The lowest BCUT2D eigenvalue weighted by Crippen LogP contribution is -2.54. The van der Waals surface area contributed by atoms with Gasteiger partial charge in [0.15, 0.2) is 0 Å². The molecule has 1 N–H and O–H groups in total. The molecule has 1 saturated carbocycles. The van der Waals surface area contributed by atoms with Gasteiger partial charge in [0, 0.05) is 6.04 Å². The summed E-state index contributed by atoms with van der Waals surface area (Å²) in [5.41, 5.74) is 1.62. The van der Waals surface area contributed by atoms with E-state index in [1.807, 2.05) is 0 Å². The molecule has 2 nitrogen and oxygen atoms in total. The van der Waals surface area contributed by atoms with Crippen LogP contribution in [0.4, 0.5) is 0 Å². The SMILES string of the molecule is CCNC1C(Oc2ccccc2CC)CCCC1(C)C. The number of benzene rings is 1. The van der Waals surface area contributed by atoms with E-state index in [1.54, 1.807) is 0 Å². The lowest BCUT2D eigenvalue weighted by molar-refractivity contribution is 0.0367. The molecule has 0 heterocycles. The van der Waals surface area contributed by atoms with E-state index >= 15 is 0 Å². The molecule has 2 unspecified atom stereocenters. The van der Waals surface area contributed by atoms with Crippen LogP contribution in [0.25, 0.3) is 0 Å². The highest BCUT2D eigenvalue weighted by molar-refractivity contribution is 5.33. The topological polar surface area (TPSA) is 21.3 Å². The standard InChI is InChI=1S/C18H29NO/c1-5-14-10-7-8-11-15(14)20-16-12-9-13-18(3,4)17(16)19-6-2/h7-8,10-11,16-17,19H,5-6,9,12-13H2,1-4H3. The second-order valence-electron chi connectivity index (χ2n) is 6.53. The van der Waals surface area contributed by atoms with Gasteiger partial charge < -0.3 is 10.1 Å². The maximum atomic E-state index is 6.42. The van der Waals surface area contributed by atoms with Crippen LogP contribution in [0.5, 0.6) is 5.75 Å². The molecule has 2 rings (SSSR count). The number of likely N-dealkylation sites (N-methyl/N-ethyl adjacent to an activating group) is 1. The Balaban J connectivity index is 2.17. The predicted octanol–water partition coefficient (Wildman–Crippen LogP) is 4.18. The Morgan fingerprint density at radius 1 is 1.25 bits per heavy atom. The first kappa shape index (κ1) is 15.4. The Labute approximate surface area is 123 Å². The molecule has 2 atom stereocenters. The monoisotopic (exact) mass is 275 g/mol. The van der Waals surface area contributed by atoms with E-state index in [2.05, 4.69) is 57.3 Å². The largest absolute Gasteiger partial charge is 0.489 e. The van der Waals surface area contributed by atoms with Crippen LogP contribution >= 0.6 is 0 Å². The van der Waals surface area contributed by atoms with Gasteiger partial charge in [-0.1, -0.05) is 45.9 Å². The molecule has 0 saturated heterocycles. The zero-order chi connectivity index (χ0) is 14.6. The van der Waals surface area contributed by atoms with Gasteiger partial charge in [0.25, 0.3) is 0 Å². The zero-order valence-electron chi connectivity index (χ0n) is 13.4. The summed E-state index contributed by atoms with van der Waals surface area (Å²) in [6.45, 7) is 10.1. The molecule has 0 aromatic heterocycles. The number of nitrogens with one attached hydrogen (secondary N) is 1. The van der Waals surface area contributed by atoms with Crippen LogP contribution in [0.2, 0.25) is 0 Å². The quantitative estimate of drug-likeness (QED) is 0.870. The molecule has 1 fully saturated rings. The van der Waals surface area contributed by atoms with Gasteiger partial charge in [-0.3, -0.25) is 0 Å². The number of hydrogen-bond donors (Lipinski definition) is 1. The highest BCUT2D eigenvalue weighted by Gasteiger charge is 2.39. The number of rotatable bonds is 5. The number of hydrogen-bond acceptors (Lipinski definition) is 2. The summed E-state index contributed by atoms with van der Waals surface area (Å²) in [6, 6.07) is 8.89. The summed E-state index contributed by atoms with van der Waals surface area (Å²) in [5.74, 6) is 1.07. The molecule has 1 aliphatic rings. The molecule has 2 heteroatoms. The van der Waals surface area contributed by atoms with Crippen molar-refractivity contribution in [2.45, 2.75) is 65.5 Å². The molecule has 0 amide bonds. The average Bonchev–Trinajstić information content (AvgIpc) is 2.43. The van der Waals surface area contributed by atoms with Crippen molar-refractivity contribution < 1.29 is 4.74 Å². The van der Waals surface area contributed by atoms with Gasteiger partial charge in [-0.15, -0.1) is 0 Å². The van der Waals surface area contributed by atoms with E-state index in [0.29, 0.717) is 11.5 Å². The van der Waals surface area contributed by atoms with E-state index in [1.165, 1.54) is 18.4 Å². The van der Waals surface area contributed by atoms with Crippen molar-refractivity contribution in [3.63, 3.8) is 0 Å². The number of para-hydroxylation sites is 1. The molecular formula is C18H29NO. The van der Waals surface area contributed by atoms with Crippen LogP contribution in [0.1, 0.15) is 52.5 Å². The van der Waals surface area contributed by atoms with Gasteiger partial charge in [-0.05, 0) is 49.3 Å². The Morgan fingerprint density at radius 2 is 2.00 bits per heavy atom. The second-order valence-corrected chi connectivity index (χ2v) is 6.53. The van der Waals surface area contributed by atoms with Crippen molar-refractivity contribution in [3.05, 3.63) is 29.8 Å². The van der Waals surface area contributed by atoms with Crippen LogP contribution in [0, 0.1) is 5.41 Å². The third-order valence-corrected chi connectivity index (χ3v) is 4.58. The Kier molecular flexibility index (Phi) is 5.09. The van der Waals surface area contributed by atoms with E-state index in [4.69, 9.17) is 4.74 Å². The molecule has 1 aromatic carbocycles. The number of aryl methyl sites for hydroxylation is 1. The van der Waals surface area contributed by atoms with Crippen molar-refractivity contribution in [3.8, 4) is 5.75 Å². The van der Waals surface area contributed by atoms with Gasteiger partial charge in [0.05, 0.1) is 0 Å². The minimum atomic E-state index is 0.284. The second kappa shape index (κ2) is 6.62. The van der Waals surface area contributed by atoms with Gasteiger partial charge in [-0.25, -0.2) is 0 Å². The molecule has 1 aromatic rings. The zero-order valence-corrected chi connectivity index (χ0v) is 13.4.